The lowest BCUT2D eigenvalue weighted by atomic mass is 9.98. The van der Waals surface area contributed by atoms with Crippen molar-refractivity contribution in [3.63, 3.8) is 0 Å². The molecule has 0 aliphatic heterocycles. The maximum atomic E-state index is 9.88. The molecule has 0 heterocycles. The lowest BCUT2D eigenvalue weighted by Crippen LogP contribution is -2.23. The molecule has 0 spiro atoms. The standard InChI is InChI=1S/C16H24O3/c1-16(2,3)19-13-9-10-14(17)15(11-13)18-12-7-5-4-6-8-12/h9-12,17H,4-8H2,1-3H3. The average Bonchev–Trinajstić information content (AvgIpc) is 2.33. The van der Waals surface area contributed by atoms with Crippen molar-refractivity contribution in [2.45, 2.75) is 64.6 Å². The number of phenolic OH excluding ortho intramolecular Hbond substituents is 1. The van der Waals surface area contributed by atoms with Gasteiger partial charge in [0.25, 0.3) is 0 Å². The van der Waals surface area contributed by atoms with Crippen LogP contribution in [0, 0.1) is 0 Å². The second-order valence-electron chi connectivity index (χ2n) is 6.22. The molecular weight excluding hydrogens is 240 g/mol. The molecule has 3 heteroatoms. The summed E-state index contributed by atoms with van der Waals surface area (Å²) >= 11 is 0. The third-order valence-electron chi connectivity index (χ3n) is 3.20. The zero-order valence-electron chi connectivity index (χ0n) is 12.1. The van der Waals surface area contributed by atoms with Gasteiger partial charge in [0.05, 0.1) is 6.10 Å². The van der Waals surface area contributed by atoms with E-state index in [-0.39, 0.29) is 17.5 Å². The van der Waals surface area contributed by atoms with Crippen LogP contribution >= 0.6 is 0 Å². The highest BCUT2D eigenvalue weighted by atomic mass is 16.5. The van der Waals surface area contributed by atoms with E-state index in [1.165, 1.54) is 19.3 Å². The molecule has 1 aliphatic rings. The fourth-order valence-electron chi connectivity index (χ4n) is 2.37. The summed E-state index contributed by atoms with van der Waals surface area (Å²) in [6, 6.07) is 5.20. The normalized spacial score (nSPS) is 17.2. The minimum absolute atomic E-state index is 0.187. The molecule has 1 fully saturated rings. The van der Waals surface area contributed by atoms with Gasteiger partial charge in [-0.1, -0.05) is 6.42 Å². The van der Waals surface area contributed by atoms with Crippen molar-refractivity contribution in [3.05, 3.63) is 18.2 Å². The summed E-state index contributed by atoms with van der Waals surface area (Å²) in [5, 5.41) is 9.88. The summed E-state index contributed by atoms with van der Waals surface area (Å²) < 4.78 is 11.7. The molecule has 0 atom stereocenters. The molecule has 3 nitrogen and oxygen atoms in total. The fraction of sp³-hybridized carbons (Fsp3) is 0.625. The molecule has 0 aromatic heterocycles. The van der Waals surface area contributed by atoms with E-state index in [1.807, 2.05) is 20.8 Å². The van der Waals surface area contributed by atoms with E-state index < -0.39 is 0 Å². The van der Waals surface area contributed by atoms with Crippen LogP contribution in [0.15, 0.2) is 18.2 Å². The Morgan fingerprint density at radius 1 is 1.11 bits per heavy atom. The molecule has 2 rings (SSSR count). The molecule has 1 aliphatic carbocycles. The first kappa shape index (κ1) is 14.0. The monoisotopic (exact) mass is 264 g/mol. The van der Waals surface area contributed by atoms with Gasteiger partial charge in [0, 0.05) is 6.07 Å². The van der Waals surface area contributed by atoms with Crippen LogP contribution in [-0.4, -0.2) is 16.8 Å². The largest absolute Gasteiger partial charge is 0.504 e. The van der Waals surface area contributed by atoms with Crippen molar-refractivity contribution in [1.29, 1.82) is 0 Å². The van der Waals surface area contributed by atoms with Crippen molar-refractivity contribution in [3.8, 4) is 17.2 Å². The molecule has 0 radical (unpaired) electrons. The van der Waals surface area contributed by atoms with Gasteiger partial charge in [-0.3, -0.25) is 0 Å². The Morgan fingerprint density at radius 2 is 1.79 bits per heavy atom. The van der Waals surface area contributed by atoms with Gasteiger partial charge < -0.3 is 14.6 Å². The van der Waals surface area contributed by atoms with Crippen LogP contribution < -0.4 is 9.47 Å². The van der Waals surface area contributed by atoms with Gasteiger partial charge in [0.15, 0.2) is 11.5 Å². The minimum Gasteiger partial charge on any atom is -0.504 e. The van der Waals surface area contributed by atoms with Crippen molar-refractivity contribution < 1.29 is 14.6 Å². The molecule has 1 aromatic carbocycles. The van der Waals surface area contributed by atoms with Crippen LogP contribution in [0.25, 0.3) is 0 Å². The topological polar surface area (TPSA) is 38.7 Å². The van der Waals surface area contributed by atoms with E-state index in [1.54, 1.807) is 18.2 Å². The number of hydrogen-bond donors (Lipinski definition) is 1. The van der Waals surface area contributed by atoms with Crippen LogP contribution in [0.1, 0.15) is 52.9 Å². The highest BCUT2D eigenvalue weighted by Crippen LogP contribution is 2.34. The first-order valence-corrected chi connectivity index (χ1v) is 7.13. The predicted octanol–water partition coefficient (Wildman–Crippen LogP) is 4.28. The molecule has 1 saturated carbocycles. The SMILES string of the molecule is CC(C)(C)Oc1ccc(O)c(OC2CCCCC2)c1. The maximum absolute atomic E-state index is 9.88. The second-order valence-corrected chi connectivity index (χ2v) is 6.22. The zero-order valence-corrected chi connectivity index (χ0v) is 12.1. The molecule has 106 valence electrons. The van der Waals surface area contributed by atoms with E-state index in [0.29, 0.717) is 5.75 Å². The van der Waals surface area contributed by atoms with Crippen LogP contribution in [-0.2, 0) is 0 Å². The highest BCUT2D eigenvalue weighted by molar-refractivity contribution is 5.44. The Hall–Kier alpha value is -1.38. The van der Waals surface area contributed by atoms with E-state index >= 15 is 0 Å². The van der Waals surface area contributed by atoms with Gasteiger partial charge >= 0.3 is 0 Å². The maximum Gasteiger partial charge on any atom is 0.165 e. The number of ether oxygens (including phenoxy) is 2. The zero-order chi connectivity index (χ0) is 13.9. The highest BCUT2D eigenvalue weighted by Gasteiger charge is 2.18. The van der Waals surface area contributed by atoms with E-state index in [4.69, 9.17) is 9.47 Å². The summed E-state index contributed by atoms with van der Waals surface area (Å²) in [6.07, 6.45) is 6.09. The summed E-state index contributed by atoms with van der Waals surface area (Å²) in [5.74, 6) is 1.46. The Balaban J connectivity index is 2.08. The minimum atomic E-state index is -0.251. The molecule has 0 saturated heterocycles. The van der Waals surface area contributed by atoms with Crippen molar-refractivity contribution in [2.24, 2.45) is 0 Å². The van der Waals surface area contributed by atoms with Crippen LogP contribution in [0.4, 0.5) is 0 Å². The molecule has 0 unspecified atom stereocenters. The second kappa shape index (κ2) is 5.72. The van der Waals surface area contributed by atoms with Crippen molar-refractivity contribution in [2.75, 3.05) is 0 Å². The van der Waals surface area contributed by atoms with Gasteiger partial charge in [0.2, 0.25) is 0 Å². The van der Waals surface area contributed by atoms with E-state index in [0.717, 1.165) is 18.6 Å². The van der Waals surface area contributed by atoms with Crippen molar-refractivity contribution >= 4 is 0 Å². The number of phenols is 1. The Kier molecular flexibility index (Phi) is 4.23. The van der Waals surface area contributed by atoms with Gasteiger partial charge in [0.1, 0.15) is 11.4 Å². The van der Waals surface area contributed by atoms with E-state index in [9.17, 15) is 5.11 Å². The van der Waals surface area contributed by atoms with Gasteiger partial charge in [-0.15, -0.1) is 0 Å². The van der Waals surface area contributed by atoms with Gasteiger partial charge in [-0.25, -0.2) is 0 Å². The first-order chi connectivity index (χ1) is 8.94. The Morgan fingerprint density at radius 3 is 2.42 bits per heavy atom. The average molecular weight is 264 g/mol. The fourth-order valence-corrected chi connectivity index (χ4v) is 2.37. The first-order valence-electron chi connectivity index (χ1n) is 7.13. The van der Waals surface area contributed by atoms with Crippen LogP contribution in [0.5, 0.6) is 17.2 Å². The quantitative estimate of drug-likeness (QED) is 0.885. The third kappa shape index (κ3) is 4.34. The summed E-state index contributed by atoms with van der Waals surface area (Å²) in [4.78, 5) is 0. The molecule has 0 bridgehead atoms. The van der Waals surface area contributed by atoms with Crippen LogP contribution in [0.3, 0.4) is 0 Å². The van der Waals surface area contributed by atoms with Gasteiger partial charge in [-0.2, -0.15) is 0 Å². The molecule has 1 aromatic rings. The number of rotatable bonds is 3. The van der Waals surface area contributed by atoms with Crippen LogP contribution in [0.2, 0.25) is 0 Å². The summed E-state index contributed by atoms with van der Waals surface area (Å²) in [5.41, 5.74) is -0.251. The lowest BCUT2D eigenvalue weighted by Gasteiger charge is -2.25. The molecule has 1 N–H and O–H groups in total. The summed E-state index contributed by atoms with van der Waals surface area (Å²) in [7, 11) is 0. The molecular formula is C16H24O3. The van der Waals surface area contributed by atoms with Gasteiger partial charge in [-0.05, 0) is 58.6 Å². The predicted molar refractivity (Wildman–Crippen MR) is 76.0 cm³/mol. The molecule has 19 heavy (non-hydrogen) atoms. The molecule has 0 amide bonds. The number of aromatic hydroxyl groups is 1. The number of hydrogen-bond acceptors (Lipinski definition) is 3. The van der Waals surface area contributed by atoms with Crippen molar-refractivity contribution in [1.82, 2.24) is 0 Å². The Bertz CT molecular complexity index is 414. The Labute approximate surface area is 115 Å². The third-order valence-corrected chi connectivity index (χ3v) is 3.20. The number of benzene rings is 1. The summed E-state index contributed by atoms with van der Waals surface area (Å²) in [6.45, 7) is 6.00. The van der Waals surface area contributed by atoms with E-state index in [2.05, 4.69) is 0 Å². The smallest absolute Gasteiger partial charge is 0.165 e. The lowest BCUT2D eigenvalue weighted by molar-refractivity contribution is 0.126.